The number of nitrogens with one attached hydrogen (secondary N) is 1. The van der Waals surface area contributed by atoms with Gasteiger partial charge in [-0.25, -0.2) is 0 Å². The van der Waals surface area contributed by atoms with Crippen molar-refractivity contribution in [3.63, 3.8) is 0 Å². The van der Waals surface area contributed by atoms with Crippen LogP contribution in [0.1, 0.15) is 35.2 Å². The van der Waals surface area contributed by atoms with E-state index in [0.29, 0.717) is 34.0 Å². The number of rotatable bonds is 5. The first-order chi connectivity index (χ1) is 15.5. The zero-order valence-corrected chi connectivity index (χ0v) is 18.1. The summed E-state index contributed by atoms with van der Waals surface area (Å²) in [6.07, 6.45) is 0.296. The molecule has 0 radical (unpaired) electrons. The average molecular weight is 446 g/mol. The molecule has 3 atom stereocenters. The number of benzene rings is 3. The maximum atomic E-state index is 13.9. The molecule has 3 aromatic carbocycles. The smallest absolute Gasteiger partial charge is 0.328 e. The number of halogens is 1. The molecule has 0 spiro atoms. The van der Waals surface area contributed by atoms with Crippen LogP contribution in [0.2, 0.25) is 5.02 Å². The summed E-state index contributed by atoms with van der Waals surface area (Å²) in [5, 5.41) is 3.35. The molecule has 5 rings (SSSR count). The minimum absolute atomic E-state index is 0.265. The third-order valence-electron chi connectivity index (χ3n) is 6.76. The number of para-hydroxylation sites is 2. The molecule has 1 heterocycles. The van der Waals surface area contributed by atoms with E-state index in [-0.39, 0.29) is 5.78 Å². The van der Waals surface area contributed by atoms with Gasteiger partial charge in [0.2, 0.25) is 5.91 Å². The summed E-state index contributed by atoms with van der Waals surface area (Å²) >= 11 is 6.01. The van der Waals surface area contributed by atoms with Crippen molar-refractivity contribution >= 4 is 34.9 Å². The molecule has 1 aliphatic heterocycles. The van der Waals surface area contributed by atoms with E-state index < -0.39 is 28.6 Å². The molecule has 1 aliphatic carbocycles. The van der Waals surface area contributed by atoms with Crippen LogP contribution in [0.3, 0.4) is 0 Å². The van der Waals surface area contributed by atoms with E-state index in [0.717, 1.165) is 0 Å². The number of ketones is 1. The van der Waals surface area contributed by atoms with Crippen LogP contribution in [0.5, 0.6) is 5.75 Å². The number of hydrogen-bond donors (Lipinski definition) is 1. The van der Waals surface area contributed by atoms with Gasteiger partial charge >= 0.3 is 5.97 Å². The van der Waals surface area contributed by atoms with E-state index in [9.17, 15) is 14.4 Å². The first kappa shape index (κ1) is 20.5. The summed E-state index contributed by atoms with van der Waals surface area (Å²) in [6, 6.07) is 22.5. The third-order valence-corrected chi connectivity index (χ3v) is 7.01. The van der Waals surface area contributed by atoms with Crippen LogP contribution < -0.4 is 10.1 Å². The Hall–Kier alpha value is -3.44. The van der Waals surface area contributed by atoms with Crippen molar-refractivity contribution in [1.29, 1.82) is 0 Å². The molecule has 1 amide bonds. The third kappa shape index (κ3) is 2.61. The molecular formula is C26H20ClNO4. The highest BCUT2D eigenvalue weighted by Crippen LogP contribution is 2.80. The van der Waals surface area contributed by atoms with Crippen LogP contribution in [0.15, 0.2) is 78.9 Å². The van der Waals surface area contributed by atoms with Gasteiger partial charge in [-0.15, -0.1) is 0 Å². The molecule has 0 bridgehead atoms. The number of anilines is 1. The molecule has 0 aromatic heterocycles. The van der Waals surface area contributed by atoms with Gasteiger partial charge in [0.15, 0.2) is 11.2 Å². The van der Waals surface area contributed by atoms with E-state index in [1.54, 1.807) is 60.7 Å². The number of amides is 1. The molecule has 5 nitrogen and oxygen atoms in total. The van der Waals surface area contributed by atoms with Gasteiger partial charge in [0.05, 0.1) is 5.41 Å². The quantitative estimate of drug-likeness (QED) is 0.251. The van der Waals surface area contributed by atoms with Crippen LogP contribution in [0, 0.1) is 10.8 Å². The average Bonchev–Trinajstić information content (AvgIpc) is 3.47. The summed E-state index contributed by atoms with van der Waals surface area (Å²) in [5.41, 5.74) is -1.26. The number of Topliss-reactive ketones (excluding diaryl/α,β-unsaturated/α-hetero) is 1. The molecule has 1 saturated carbocycles. The fourth-order valence-electron chi connectivity index (χ4n) is 5.32. The van der Waals surface area contributed by atoms with Gasteiger partial charge in [-0.3, -0.25) is 14.4 Å². The fourth-order valence-corrected chi connectivity index (χ4v) is 5.44. The van der Waals surface area contributed by atoms with Crippen molar-refractivity contribution in [3.05, 3.63) is 95.0 Å². The molecule has 160 valence electrons. The summed E-state index contributed by atoms with van der Waals surface area (Å²) in [4.78, 5) is 41.1. The van der Waals surface area contributed by atoms with Crippen molar-refractivity contribution in [2.45, 2.75) is 19.3 Å². The van der Waals surface area contributed by atoms with Crippen molar-refractivity contribution in [2.24, 2.45) is 10.8 Å². The topological polar surface area (TPSA) is 72.5 Å². The van der Waals surface area contributed by atoms with Crippen LogP contribution in [0.4, 0.5) is 5.69 Å². The lowest BCUT2D eigenvalue weighted by Crippen LogP contribution is -2.42. The van der Waals surface area contributed by atoms with Crippen molar-refractivity contribution < 1.29 is 19.1 Å². The molecule has 6 heteroatoms. The Labute approximate surface area is 190 Å². The summed E-state index contributed by atoms with van der Waals surface area (Å²) < 4.78 is 5.64. The Morgan fingerprint density at radius 2 is 1.62 bits per heavy atom. The second-order valence-corrected chi connectivity index (χ2v) is 8.59. The Morgan fingerprint density at radius 1 is 0.969 bits per heavy atom. The fraction of sp³-hybridized carbons (Fsp3) is 0.192. The van der Waals surface area contributed by atoms with Gasteiger partial charge in [-0.05, 0) is 48.9 Å². The standard InChI is InChI=1S/C26H20ClNO4/c1-2-25(22(29)16-12-14-17(27)15-13-16)21-19-10-6-7-11-20(19)32-24(31)26(21,25)23(30)28-18-8-4-3-5-9-18/h3-15,21H,2H2,1H3,(H,28,30)/t21-,25+,26+/m1/s1. The monoisotopic (exact) mass is 445 g/mol. The summed E-state index contributed by atoms with van der Waals surface area (Å²) in [5.74, 6) is -1.72. The molecule has 32 heavy (non-hydrogen) atoms. The summed E-state index contributed by atoms with van der Waals surface area (Å²) in [7, 11) is 0. The number of carbonyl (C=O) groups excluding carboxylic acids is 3. The maximum Gasteiger partial charge on any atom is 0.328 e. The molecule has 0 unspecified atom stereocenters. The van der Waals surface area contributed by atoms with E-state index in [2.05, 4.69) is 5.32 Å². The molecule has 2 aliphatic rings. The first-order valence-corrected chi connectivity index (χ1v) is 10.8. The van der Waals surface area contributed by atoms with Gasteiger partial charge in [0, 0.05) is 27.8 Å². The Bertz CT molecular complexity index is 1240. The predicted octanol–water partition coefficient (Wildman–Crippen LogP) is 5.26. The van der Waals surface area contributed by atoms with Crippen molar-refractivity contribution in [3.8, 4) is 5.75 Å². The number of carbonyl (C=O) groups is 3. The number of hydrogen-bond acceptors (Lipinski definition) is 4. The van der Waals surface area contributed by atoms with Gasteiger partial charge in [0.25, 0.3) is 0 Å². The van der Waals surface area contributed by atoms with Gasteiger partial charge < -0.3 is 10.1 Å². The number of esters is 1. The molecule has 1 N–H and O–H groups in total. The van der Waals surface area contributed by atoms with Crippen molar-refractivity contribution in [2.75, 3.05) is 5.32 Å². The second-order valence-electron chi connectivity index (χ2n) is 8.15. The van der Waals surface area contributed by atoms with E-state index >= 15 is 0 Å². The Balaban J connectivity index is 1.67. The van der Waals surface area contributed by atoms with E-state index in [1.165, 1.54) is 0 Å². The van der Waals surface area contributed by atoms with Crippen LogP contribution in [-0.2, 0) is 9.59 Å². The van der Waals surface area contributed by atoms with Gasteiger partial charge in [-0.1, -0.05) is 54.9 Å². The van der Waals surface area contributed by atoms with Crippen LogP contribution >= 0.6 is 11.6 Å². The largest absolute Gasteiger partial charge is 0.425 e. The second kappa shape index (κ2) is 7.31. The van der Waals surface area contributed by atoms with Crippen molar-refractivity contribution in [1.82, 2.24) is 0 Å². The van der Waals surface area contributed by atoms with Gasteiger partial charge in [-0.2, -0.15) is 0 Å². The lowest BCUT2D eigenvalue weighted by molar-refractivity contribution is -0.147. The lowest BCUT2D eigenvalue weighted by atomic mass is 9.82. The minimum atomic E-state index is -1.65. The van der Waals surface area contributed by atoms with E-state index in [4.69, 9.17) is 16.3 Å². The Morgan fingerprint density at radius 3 is 2.31 bits per heavy atom. The van der Waals surface area contributed by atoms with Gasteiger partial charge in [0.1, 0.15) is 5.75 Å². The normalized spacial score (nSPS) is 25.2. The molecule has 1 fully saturated rings. The van der Waals surface area contributed by atoms with Crippen LogP contribution in [0.25, 0.3) is 0 Å². The lowest BCUT2D eigenvalue weighted by Gasteiger charge is -2.23. The van der Waals surface area contributed by atoms with Crippen LogP contribution in [-0.4, -0.2) is 17.7 Å². The highest BCUT2D eigenvalue weighted by Gasteiger charge is 2.89. The zero-order chi connectivity index (χ0) is 22.5. The number of fused-ring (bicyclic) bond motifs is 3. The number of ether oxygens (including phenoxy) is 1. The molecule has 3 aromatic rings. The highest BCUT2D eigenvalue weighted by atomic mass is 35.5. The minimum Gasteiger partial charge on any atom is -0.425 e. The SMILES string of the molecule is CC[C@@]1(C(=O)c2ccc(Cl)cc2)[C@H]2c3ccccc3OC(=O)[C@@]21C(=O)Nc1ccccc1. The van der Waals surface area contributed by atoms with E-state index in [1.807, 2.05) is 25.1 Å². The molecular weight excluding hydrogens is 426 g/mol. The maximum absolute atomic E-state index is 13.9. The molecule has 0 saturated heterocycles. The zero-order valence-electron chi connectivity index (χ0n) is 17.3. The Kier molecular flexibility index (Phi) is 4.68. The highest BCUT2D eigenvalue weighted by molar-refractivity contribution is 6.30. The predicted molar refractivity (Wildman–Crippen MR) is 121 cm³/mol. The first-order valence-electron chi connectivity index (χ1n) is 10.4. The summed E-state index contributed by atoms with van der Waals surface area (Å²) in [6.45, 7) is 1.83.